The minimum absolute atomic E-state index is 0.0215. The van der Waals surface area contributed by atoms with Gasteiger partial charge in [0.2, 0.25) is 5.91 Å². The van der Waals surface area contributed by atoms with Gasteiger partial charge in [-0.3, -0.25) is 9.59 Å². The number of nitrogens with one attached hydrogen (secondary N) is 2. The summed E-state index contributed by atoms with van der Waals surface area (Å²) in [6.45, 7) is 0.911. The number of H-pyrrole nitrogens is 1. The normalized spacial score (nSPS) is 10.6. The molecule has 0 radical (unpaired) electrons. The zero-order valence-electron chi connectivity index (χ0n) is 12.2. The van der Waals surface area contributed by atoms with Crippen molar-refractivity contribution in [2.75, 3.05) is 33.9 Å². The topological polar surface area (TPSA) is 74.4 Å². The number of rotatable bonds is 6. The van der Waals surface area contributed by atoms with Crippen molar-refractivity contribution >= 4 is 22.7 Å². The number of nitrogens with zero attached hydrogens (tertiary/aromatic N) is 1. The lowest BCUT2D eigenvalue weighted by atomic mass is 10.1. The highest BCUT2D eigenvalue weighted by Crippen LogP contribution is 2.15. The summed E-state index contributed by atoms with van der Waals surface area (Å²) in [6, 6.07) is 7.33. The fourth-order valence-corrected chi connectivity index (χ4v) is 2.04. The number of hydrogen-bond acceptors (Lipinski definition) is 3. The second-order valence-corrected chi connectivity index (χ2v) is 4.78. The molecular formula is C15H19N3O3. The van der Waals surface area contributed by atoms with Crippen molar-refractivity contribution in [3.05, 3.63) is 36.0 Å². The number of aromatic amines is 1. The van der Waals surface area contributed by atoms with Crippen LogP contribution in [0.5, 0.6) is 0 Å². The van der Waals surface area contributed by atoms with Crippen molar-refractivity contribution in [1.29, 1.82) is 0 Å². The summed E-state index contributed by atoms with van der Waals surface area (Å²) in [5.74, 6) is -0.384. The molecule has 21 heavy (non-hydrogen) atoms. The molecule has 2 aromatic rings. The SMILES string of the molecule is COCCNC(=O)CN(C)C(=O)c1ccc2[nH]ccc2c1. The molecule has 0 bridgehead atoms. The molecule has 1 aromatic heterocycles. The Kier molecular flexibility index (Phi) is 4.94. The number of benzene rings is 1. The maximum atomic E-state index is 12.3. The number of carbonyl (C=O) groups excluding carboxylic acids is 2. The first-order chi connectivity index (χ1) is 10.1. The Morgan fingerprint density at radius 2 is 2.14 bits per heavy atom. The molecule has 1 heterocycles. The molecule has 2 N–H and O–H groups in total. The van der Waals surface area contributed by atoms with Crippen LogP contribution in [0.3, 0.4) is 0 Å². The van der Waals surface area contributed by atoms with Crippen molar-refractivity contribution in [3.8, 4) is 0 Å². The van der Waals surface area contributed by atoms with Gasteiger partial charge in [0.15, 0.2) is 0 Å². The molecular weight excluding hydrogens is 270 g/mol. The van der Waals surface area contributed by atoms with Crippen LogP contribution in [0.2, 0.25) is 0 Å². The molecule has 2 rings (SSSR count). The van der Waals surface area contributed by atoms with E-state index in [4.69, 9.17) is 4.74 Å². The van der Waals surface area contributed by atoms with E-state index >= 15 is 0 Å². The number of methoxy groups -OCH3 is 1. The van der Waals surface area contributed by atoms with Gasteiger partial charge >= 0.3 is 0 Å². The predicted molar refractivity (Wildman–Crippen MR) is 80.1 cm³/mol. The Hall–Kier alpha value is -2.34. The van der Waals surface area contributed by atoms with Crippen LogP contribution in [0.15, 0.2) is 30.5 Å². The highest BCUT2D eigenvalue weighted by atomic mass is 16.5. The van der Waals surface area contributed by atoms with Crippen molar-refractivity contribution in [1.82, 2.24) is 15.2 Å². The number of likely N-dealkylation sites (N-methyl/N-ethyl adjacent to an activating group) is 1. The molecule has 0 aliphatic rings. The van der Waals surface area contributed by atoms with Crippen LogP contribution in [0.25, 0.3) is 10.9 Å². The average molecular weight is 289 g/mol. The molecule has 0 fully saturated rings. The summed E-state index contributed by atoms with van der Waals surface area (Å²) in [5, 5.41) is 3.65. The summed E-state index contributed by atoms with van der Waals surface area (Å²) >= 11 is 0. The van der Waals surface area contributed by atoms with E-state index < -0.39 is 0 Å². The van der Waals surface area contributed by atoms with E-state index in [0.29, 0.717) is 18.7 Å². The second kappa shape index (κ2) is 6.90. The fourth-order valence-electron chi connectivity index (χ4n) is 2.04. The van der Waals surface area contributed by atoms with Crippen LogP contribution >= 0.6 is 0 Å². The van der Waals surface area contributed by atoms with Gasteiger partial charge in [0.1, 0.15) is 0 Å². The molecule has 0 spiro atoms. The van der Waals surface area contributed by atoms with Crippen molar-refractivity contribution in [2.45, 2.75) is 0 Å². The number of hydrogen-bond donors (Lipinski definition) is 2. The largest absolute Gasteiger partial charge is 0.383 e. The zero-order valence-corrected chi connectivity index (χ0v) is 12.2. The van der Waals surface area contributed by atoms with Gasteiger partial charge in [0.25, 0.3) is 5.91 Å². The van der Waals surface area contributed by atoms with E-state index in [1.54, 1.807) is 20.2 Å². The number of aromatic nitrogens is 1. The van der Waals surface area contributed by atoms with E-state index in [9.17, 15) is 9.59 Å². The molecule has 0 aliphatic carbocycles. The van der Waals surface area contributed by atoms with Crippen molar-refractivity contribution < 1.29 is 14.3 Å². The van der Waals surface area contributed by atoms with Gasteiger partial charge in [0.05, 0.1) is 13.2 Å². The number of amides is 2. The summed E-state index contributed by atoms with van der Waals surface area (Å²) in [7, 11) is 3.18. The lowest BCUT2D eigenvalue weighted by Gasteiger charge is -2.17. The van der Waals surface area contributed by atoms with Gasteiger partial charge in [-0.2, -0.15) is 0 Å². The van der Waals surface area contributed by atoms with Gasteiger partial charge in [-0.1, -0.05) is 0 Å². The average Bonchev–Trinajstić information content (AvgIpc) is 2.94. The minimum atomic E-state index is -0.203. The Labute approximate surface area is 123 Å². The third-order valence-electron chi connectivity index (χ3n) is 3.16. The molecule has 1 aromatic carbocycles. The van der Waals surface area contributed by atoms with Crippen LogP contribution in [-0.4, -0.2) is 55.6 Å². The summed E-state index contributed by atoms with van der Waals surface area (Å²) in [5.41, 5.74) is 1.54. The zero-order chi connectivity index (χ0) is 15.2. The van der Waals surface area contributed by atoms with Crippen LogP contribution in [0.1, 0.15) is 10.4 Å². The summed E-state index contributed by atoms with van der Waals surface area (Å²) < 4.78 is 4.85. The van der Waals surface area contributed by atoms with Gasteiger partial charge in [-0.25, -0.2) is 0 Å². The van der Waals surface area contributed by atoms with E-state index in [-0.39, 0.29) is 18.4 Å². The predicted octanol–water partition coefficient (Wildman–Crippen LogP) is 1.00. The number of fused-ring (bicyclic) bond motifs is 1. The molecule has 0 aliphatic heterocycles. The standard InChI is InChI=1S/C15H19N3O3/c1-18(10-14(19)17-7-8-21-2)15(20)12-3-4-13-11(9-12)5-6-16-13/h3-6,9,16H,7-8,10H2,1-2H3,(H,17,19). The summed E-state index contributed by atoms with van der Waals surface area (Å²) in [6.07, 6.45) is 1.83. The van der Waals surface area contributed by atoms with Crippen molar-refractivity contribution in [2.24, 2.45) is 0 Å². The van der Waals surface area contributed by atoms with Crippen LogP contribution < -0.4 is 5.32 Å². The van der Waals surface area contributed by atoms with Crippen LogP contribution in [-0.2, 0) is 9.53 Å². The first kappa shape index (κ1) is 15.1. The molecule has 2 amide bonds. The molecule has 6 heteroatoms. The maximum absolute atomic E-state index is 12.3. The molecule has 0 saturated heterocycles. The van der Waals surface area contributed by atoms with E-state index in [1.807, 2.05) is 24.4 Å². The van der Waals surface area contributed by atoms with Crippen LogP contribution in [0, 0.1) is 0 Å². The van der Waals surface area contributed by atoms with Gasteiger partial charge in [0, 0.05) is 43.4 Å². The molecule has 112 valence electrons. The second-order valence-electron chi connectivity index (χ2n) is 4.78. The number of carbonyl (C=O) groups is 2. The molecule has 0 atom stereocenters. The third-order valence-corrected chi connectivity index (χ3v) is 3.16. The quantitative estimate of drug-likeness (QED) is 0.779. The van der Waals surface area contributed by atoms with Crippen molar-refractivity contribution in [3.63, 3.8) is 0 Å². The maximum Gasteiger partial charge on any atom is 0.254 e. The van der Waals surface area contributed by atoms with E-state index in [0.717, 1.165) is 10.9 Å². The minimum Gasteiger partial charge on any atom is -0.383 e. The lowest BCUT2D eigenvalue weighted by Crippen LogP contribution is -2.39. The third kappa shape index (κ3) is 3.82. The van der Waals surface area contributed by atoms with Gasteiger partial charge < -0.3 is 19.9 Å². The highest BCUT2D eigenvalue weighted by Gasteiger charge is 2.15. The fraction of sp³-hybridized carbons (Fsp3) is 0.333. The monoisotopic (exact) mass is 289 g/mol. The first-order valence-corrected chi connectivity index (χ1v) is 6.70. The Balaban J connectivity index is 1.96. The Morgan fingerprint density at radius 1 is 1.33 bits per heavy atom. The van der Waals surface area contributed by atoms with E-state index in [1.165, 1.54) is 4.90 Å². The Morgan fingerprint density at radius 3 is 2.90 bits per heavy atom. The molecule has 0 saturated carbocycles. The Bertz CT molecular complexity index is 636. The molecule has 6 nitrogen and oxygen atoms in total. The van der Waals surface area contributed by atoms with Gasteiger partial charge in [-0.15, -0.1) is 0 Å². The lowest BCUT2D eigenvalue weighted by molar-refractivity contribution is -0.121. The first-order valence-electron chi connectivity index (χ1n) is 6.70. The smallest absolute Gasteiger partial charge is 0.254 e. The van der Waals surface area contributed by atoms with Crippen LogP contribution in [0.4, 0.5) is 0 Å². The van der Waals surface area contributed by atoms with E-state index in [2.05, 4.69) is 10.3 Å². The highest BCUT2D eigenvalue weighted by molar-refractivity contribution is 5.99. The van der Waals surface area contributed by atoms with Gasteiger partial charge in [-0.05, 0) is 24.3 Å². The number of ether oxygens (including phenoxy) is 1. The molecule has 0 unspecified atom stereocenters. The summed E-state index contributed by atoms with van der Waals surface area (Å²) in [4.78, 5) is 28.4.